The number of nitrogens with zero attached hydrogens (tertiary/aromatic N) is 4. The van der Waals surface area contributed by atoms with E-state index in [0.29, 0.717) is 23.7 Å². The lowest BCUT2D eigenvalue weighted by Crippen LogP contribution is -2.45. The molecular formula is C15H25N5O. The molecule has 0 bridgehead atoms. The van der Waals surface area contributed by atoms with E-state index in [0.717, 1.165) is 38.9 Å². The molecule has 0 aliphatic carbocycles. The Balaban J connectivity index is 1.71. The second-order valence-corrected chi connectivity index (χ2v) is 6.55. The first-order chi connectivity index (χ1) is 10.1. The lowest BCUT2D eigenvalue weighted by atomic mass is 9.95. The van der Waals surface area contributed by atoms with E-state index in [2.05, 4.69) is 29.5 Å². The zero-order chi connectivity index (χ0) is 14.8. The first-order valence-electron chi connectivity index (χ1n) is 8.08. The molecule has 1 aromatic rings. The number of hydrogen-bond donors (Lipinski definition) is 1. The summed E-state index contributed by atoms with van der Waals surface area (Å²) in [6.45, 7) is 7.18. The number of carbonyl (C=O) groups is 1. The topological polar surface area (TPSA) is 63.1 Å². The number of carbonyl (C=O) groups excluding carboxylic acids is 1. The van der Waals surface area contributed by atoms with Crippen LogP contribution in [0.2, 0.25) is 0 Å². The molecule has 3 rings (SSSR count). The number of aromatic nitrogens is 3. The normalized spacial score (nSPS) is 27.8. The van der Waals surface area contributed by atoms with E-state index in [1.165, 1.54) is 6.42 Å². The van der Waals surface area contributed by atoms with Gasteiger partial charge in [-0.3, -0.25) is 4.79 Å². The first kappa shape index (κ1) is 14.5. The smallest absolute Gasteiger partial charge is 0.276 e. The molecular weight excluding hydrogens is 266 g/mol. The zero-order valence-corrected chi connectivity index (χ0v) is 13.0. The summed E-state index contributed by atoms with van der Waals surface area (Å²) in [5, 5.41) is 11.7. The quantitative estimate of drug-likeness (QED) is 0.896. The van der Waals surface area contributed by atoms with Crippen molar-refractivity contribution in [3.8, 4) is 0 Å². The summed E-state index contributed by atoms with van der Waals surface area (Å²) in [5.74, 6) is 0.610. The molecule has 6 nitrogen and oxygen atoms in total. The fraction of sp³-hybridized carbons (Fsp3) is 0.800. The molecule has 116 valence electrons. The monoisotopic (exact) mass is 291 g/mol. The fourth-order valence-electron chi connectivity index (χ4n) is 3.34. The van der Waals surface area contributed by atoms with Gasteiger partial charge in [0.25, 0.3) is 5.91 Å². The van der Waals surface area contributed by atoms with Gasteiger partial charge in [0, 0.05) is 12.6 Å². The van der Waals surface area contributed by atoms with Crippen LogP contribution in [-0.2, 0) is 0 Å². The summed E-state index contributed by atoms with van der Waals surface area (Å²) in [7, 11) is 0. The molecule has 0 radical (unpaired) electrons. The van der Waals surface area contributed by atoms with Gasteiger partial charge in [0.05, 0.1) is 12.2 Å². The van der Waals surface area contributed by atoms with E-state index < -0.39 is 0 Å². The minimum Gasteiger partial charge on any atom is -0.334 e. The van der Waals surface area contributed by atoms with E-state index in [1.54, 1.807) is 0 Å². The summed E-state index contributed by atoms with van der Waals surface area (Å²) in [4.78, 5) is 14.6. The molecule has 2 fully saturated rings. The van der Waals surface area contributed by atoms with E-state index in [1.807, 2.05) is 15.8 Å². The van der Waals surface area contributed by atoms with Crippen LogP contribution in [0.5, 0.6) is 0 Å². The van der Waals surface area contributed by atoms with Crippen LogP contribution in [0, 0.1) is 5.92 Å². The molecule has 0 aromatic carbocycles. The molecule has 21 heavy (non-hydrogen) atoms. The van der Waals surface area contributed by atoms with Gasteiger partial charge in [0.15, 0.2) is 5.69 Å². The predicted octanol–water partition coefficient (Wildman–Crippen LogP) is 1.46. The molecule has 6 heteroatoms. The summed E-state index contributed by atoms with van der Waals surface area (Å²) in [5.41, 5.74) is 0.495. The SMILES string of the molecule is CC1CCC(C)N(C(=O)c2cn(C3CCNCC3)nn2)C1. The minimum atomic E-state index is 0.0363. The van der Waals surface area contributed by atoms with Crippen LogP contribution in [0.4, 0.5) is 0 Å². The summed E-state index contributed by atoms with van der Waals surface area (Å²) in [6.07, 6.45) is 6.22. The molecule has 2 aliphatic heterocycles. The largest absolute Gasteiger partial charge is 0.334 e. The first-order valence-corrected chi connectivity index (χ1v) is 8.08. The molecule has 2 saturated heterocycles. The molecule has 1 aromatic heterocycles. The highest BCUT2D eigenvalue weighted by Crippen LogP contribution is 2.23. The second-order valence-electron chi connectivity index (χ2n) is 6.55. The van der Waals surface area contributed by atoms with Crippen molar-refractivity contribution in [1.82, 2.24) is 25.2 Å². The Kier molecular flexibility index (Phi) is 4.24. The van der Waals surface area contributed by atoms with Crippen molar-refractivity contribution in [3.05, 3.63) is 11.9 Å². The van der Waals surface area contributed by atoms with Crippen LogP contribution in [0.25, 0.3) is 0 Å². The highest BCUT2D eigenvalue weighted by molar-refractivity contribution is 5.92. The van der Waals surface area contributed by atoms with Crippen LogP contribution >= 0.6 is 0 Å². The Labute approximate surface area is 125 Å². The number of likely N-dealkylation sites (tertiary alicyclic amines) is 1. The third-order valence-electron chi connectivity index (χ3n) is 4.79. The van der Waals surface area contributed by atoms with E-state index >= 15 is 0 Å². The van der Waals surface area contributed by atoms with Crippen molar-refractivity contribution in [2.45, 2.75) is 51.6 Å². The maximum Gasteiger partial charge on any atom is 0.276 e. The van der Waals surface area contributed by atoms with Gasteiger partial charge >= 0.3 is 0 Å². The number of rotatable bonds is 2. The van der Waals surface area contributed by atoms with E-state index in [4.69, 9.17) is 0 Å². The van der Waals surface area contributed by atoms with Crippen molar-refractivity contribution >= 4 is 5.91 Å². The van der Waals surface area contributed by atoms with Crippen LogP contribution in [0.3, 0.4) is 0 Å². The number of nitrogens with one attached hydrogen (secondary N) is 1. The Hall–Kier alpha value is -1.43. The molecule has 3 heterocycles. The average molecular weight is 291 g/mol. The molecule has 2 unspecified atom stereocenters. The Morgan fingerprint density at radius 1 is 1.24 bits per heavy atom. The standard InChI is InChI=1S/C15H25N5O/c1-11-3-4-12(2)19(9-11)15(21)14-10-20(18-17-14)13-5-7-16-8-6-13/h10-13,16H,3-9H2,1-2H3. The van der Waals surface area contributed by atoms with Crippen molar-refractivity contribution in [2.75, 3.05) is 19.6 Å². The predicted molar refractivity (Wildman–Crippen MR) is 80.1 cm³/mol. The highest BCUT2D eigenvalue weighted by Gasteiger charge is 2.29. The van der Waals surface area contributed by atoms with Gasteiger partial charge in [-0.25, -0.2) is 4.68 Å². The molecule has 1 N–H and O–H groups in total. The number of hydrogen-bond acceptors (Lipinski definition) is 4. The van der Waals surface area contributed by atoms with Gasteiger partial charge < -0.3 is 10.2 Å². The van der Waals surface area contributed by atoms with Crippen LogP contribution in [0.1, 0.15) is 56.1 Å². The number of piperidine rings is 2. The maximum atomic E-state index is 12.6. The number of amides is 1. The van der Waals surface area contributed by atoms with Gasteiger partial charge in [-0.2, -0.15) is 0 Å². The lowest BCUT2D eigenvalue weighted by Gasteiger charge is -2.36. The molecule has 1 amide bonds. The van der Waals surface area contributed by atoms with E-state index in [-0.39, 0.29) is 5.91 Å². The summed E-state index contributed by atoms with van der Waals surface area (Å²) in [6, 6.07) is 0.677. The Bertz CT molecular complexity index is 494. The van der Waals surface area contributed by atoms with E-state index in [9.17, 15) is 4.79 Å². The molecule has 0 spiro atoms. The second kappa shape index (κ2) is 6.13. The van der Waals surface area contributed by atoms with Crippen molar-refractivity contribution in [2.24, 2.45) is 5.92 Å². The molecule has 2 aliphatic rings. The molecule has 2 atom stereocenters. The summed E-state index contributed by atoms with van der Waals surface area (Å²) < 4.78 is 1.88. The third-order valence-corrected chi connectivity index (χ3v) is 4.79. The van der Waals surface area contributed by atoms with Gasteiger partial charge in [-0.15, -0.1) is 5.10 Å². The fourth-order valence-corrected chi connectivity index (χ4v) is 3.34. The van der Waals surface area contributed by atoms with Gasteiger partial charge in [-0.05, 0) is 51.6 Å². The van der Waals surface area contributed by atoms with Crippen LogP contribution in [-0.4, -0.2) is 51.5 Å². The van der Waals surface area contributed by atoms with Crippen molar-refractivity contribution in [3.63, 3.8) is 0 Å². The van der Waals surface area contributed by atoms with Crippen LogP contribution < -0.4 is 5.32 Å². The summed E-state index contributed by atoms with van der Waals surface area (Å²) >= 11 is 0. The van der Waals surface area contributed by atoms with Crippen molar-refractivity contribution < 1.29 is 4.79 Å². The maximum absolute atomic E-state index is 12.6. The zero-order valence-electron chi connectivity index (χ0n) is 13.0. The van der Waals surface area contributed by atoms with Gasteiger partial charge in [0.2, 0.25) is 0 Å². The minimum absolute atomic E-state index is 0.0363. The van der Waals surface area contributed by atoms with Crippen LogP contribution in [0.15, 0.2) is 6.20 Å². The van der Waals surface area contributed by atoms with Gasteiger partial charge in [0.1, 0.15) is 0 Å². The van der Waals surface area contributed by atoms with Gasteiger partial charge in [-0.1, -0.05) is 12.1 Å². The molecule has 0 saturated carbocycles. The lowest BCUT2D eigenvalue weighted by molar-refractivity contribution is 0.0568. The average Bonchev–Trinajstić information content (AvgIpc) is 3.00. The van der Waals surface area contributed by atoms with Crippen molar-refractivity contribution in [1.29, 1.82) is 0 Å². The Morgan fingerprint density at radius 3 is 2.76 bits per heavy atom. The third kappa shape index (κ3) is 3.10. The Morgan fingerprint density at radius 2 is 2.00 bits per heavy atom. The highest BCUT2D eigenvalue weighted by atomic mass is 16.2.